The van der Waals surface area contributed by atoms with Gasteiger partial charge < -0.3 is 5.32 Å². The van der Waals surface area contributed by atoms with E-state index in [1.54, 1.807) is 6.07 Å². The van der Waals surface area contributed by atoms with Crippen LogP contribution in [0, 0.1) is 0 Å². The molecule has 1 aliphatic heterocycles. The smallest absolute Gasteiger partial charge is 0.299 e. The molecule has 1 heterocycles. The minimum Gasteiger partial charge on any atom is -0.384 e. The lowest BCUT2D eigenvalue weighted by Gasteiger charge is -2.09. The highest BCUT2D eigenvalue weighted by Gasteiger charge is 2.13. The maximum Gasteiger partial charge on any atom is 0.299 e. The topological polar surface area (TPSA) is 70.2 Å². The Hall–Kier alpha value is -1.27. The predicted octanol–water partition coefficient (Wildman–Crippen LogP) is 1.31. The molecule has 0 fully saturated rings. The molecule has 1 aromatic carbocycles. The van der Waals surface area contributed by atoms with E-state index in [1.807, 2.05) is 19.1 Å². The second kappa shape index (κ2) is 4.93. The van der Waals surface area contributed by atoms with Crippen molar-refractivity contribution in [2.24, 2.45) is 0 Å². The van der Waals surface area contributed by atoms with Gasteiger partial charge in [0.05, 0.1) is 5.69 Å². The highest BCUT2D eigenvalue weighted by molar-refractivity contribution is 7.90. The van der Waals surface area contributed by atoms with Gasteiger partial charge in [-0.3, -0.25) is 4.72 Å². The van der Waals surface area contributed by atoms with Crippen molar-refractivity contribution in [3.8, 4) is 0 Å². The van der Waals surface area contributed by atoms with Gasteiger partial charge in [-0.1, -0.05) is 6.92 Å². The van der Waals surface area contributed by atoms with Crippen molar-refractivity contribution in [3.63, 3.8) is 0 Å². The molecule has 5 nitrogen and oxygen atoms in total. The van der Waals surface area contributed by atoms with E-state index in [1.165, 1.54) is 0 Å². The van der Waals surface area contributed by atoms with E-state index in [0.29, 0.717) is 12.2 Å². The fourth-order valence-electron chi connectivity index (χ4n) is 1.80. The predicted molar refractivity (Wildman–Crippen MR) is 69.5 cm³/mol. The molecule has 1 aliphatic rings. The molecule has 3 N–H and O–H groups in total. The van der Waals surface area contributed by atoms with Crippen molar-refractivity contribution in [2.45, 2.75) is 19.8 Å². The molecule has 0 unspecified atom stereocenters. The molecule has 6 heteroatoms. The van der Waals surface area contributed by atoms with Gasteiger partial charge in [0.1, 0.15) is 0 Å². The number of hydrogen-bond acceptors (Lipinski definition) is 3. The van der Waals surface area contributed by atoms with Crippen LogP contribution in [0.5, 0.6) is 0 Å². The molecule has 0 aromatic heterocycles. The molecule has 0 saturated heterocycles. The SMILES string of the molecule is CCCNS(=O)(=O)Nc1ccc2c(c1)CCN2. The van der Waals surface area contributed by atoms with Crippen molar-refractivity contribution >= 4 is 21.6 Å². The Balaban J connectivity index is 2.09. The van der Waals surface area contributed by atoms with E-state index >= 15 is 0 Å². The van der Waals surface area contributed by atoms with Crippen LogP contribution >= 0.6 is 0 Å². The van der Waals surface area contributed by atoms with Gasteiger partial charge in [-0.25, -0.2) is 0 Å². The molecule has 0 bridgehead atoms. The summed E-state index contributed by atoms with van der Waals surface area (Å²) in [7, 11) is -3.43. The average Bonchev–Trinajstić information content (AvgIpc) is 2.73. The van der Waals surface area contributed by atoms with Crippen LogP contribution in [0.4, 0.5) is 11.4 Å². The van der Waals surface area contributed by atoms with E-state index in [2.05, 4.69) is 14.8 Å². The van der Waals surface area contributed by atoms with E-state index in [4.69, 9.17) is 0 Å². The Bertz CT molecular complexity index is 499. The molecule has 17 heavy (non-hydrogen) atoms. The second-order valence-corrected chi connectivity index (χ2v) is 5.55. The van der Waals surface area contributed by atoms with Gasteiger partial charge in [0.15, 0.2) is 0 Å². The lowest BCUT2D eigenvalue weighted by molar-refractivity contribution is 0.586. The van der Waals surface area contributed by atoms with Gasteiger partial charge in [-0.2, -0.15) is 13.1 Å². The van der Waals surface area contributed by atoms with Gasteiger partial charge >= 0.3 is 0 Å². The van der Waals surface area contributed by atoms with Crippen LogP contribution in [0.2, 0.25) is 0 Å². The summed E-state index contributed by atoms with van der Waals surface area (Å²) in [5, 5.41) is 3.23. The third-order valence-electron chi connectivity index (χ3n) is 2.61. The molecule has 0 saturated carbocycles. The standard InChI is InChI=1S/C11H17N3O2S/c1-2-6-13-17(15,16)14-10-3-4-11-9(8-10)5-7-12-11/h3-4,8,12-14H,2,5-7H2,1H3. The summed E-state index contributed by atoms with van der Waals surface area (Å²) in [5.41, 5.74) is 2.85. The average molecular weight is 255 g/mol. The summed E-state index contributed by atoms with van der Waals surface area (Å²) in [6.45, 7) is 3.28. The quantitative estimate of drug-likeness (QED) is 0.743. The van der Waals surface area contributed by atoms with Gasteiger partial charge in [0.25, 0.3) is 10.2 Å². The fourth-order valence-corrected chi connectivity index (χ4v) is 2.78. The van der Waals surface area contributed by atoms with E-state index in [0.717, 1.165) is 30.6 Å². The molecule has 2 rings (SSSR count). The van der Waals surface area contributed by atoms with Crippen LogP contribution in [0.1, 0.15) is 18.9 Å². The summed E-state index contributed by atoms with van der Waals surface area (Å²) in [6, 6.07) is 5.54. The Morgan fingerprint density at radius 1 is 1.41 bits per heavy atom. The first kappa shape index (κ1) is 12.2. The van der Waals surface area contributed by atoms with E-state index in [-0.39, 0.29) is 0 Å². The third-order valence-corrected chi connectivity index (χ3v) is 3.70. The molecule has 94 valence electrons. The minimum absolute atomic E-state index is 0.446. The van der Waals surface area contributed by atoms with E-state index < -0.39 is 10.2 Å². The lowest BCUT2D eigenvalue weighted by atomic mass is 10.1. The maximum atomic E-state index is 11.6. The number of hydrogen-bond donors (Lipinski definition) is 3. The van der Waals surface area contributed by atoms with Crippen LogP contribution in [-0.2, 0) is 16.6 Å². The van der Waals surface area contributed by atoms with Crippen molar-refractivity contribution in [2.75, 3.05) is 23.1 Å². The minimum atomic E-state index is -3.43. The van der Waals surface area contributed by atoms with E-state index in [9.17, 15) is 8.42 Å². The number of rotatable bonds is 5. The van der Waals surface area contributed by atoms with Crippen molar-refractivity contribution < 1.29 is 8.42 Å². The van der Waals surface area contributed by atoms with Gasteiger partial charge in [0, 0.05) is 18.8 Å². The van der Waals surface area contributed by atoms with Gasteiger partial charge in [-0.15, -0.1) is 0 Å². The first-order chi connectivity index (χ1) is 8.11. The highest BCUT2D eigenvalue weighted by Crippen LogP contribution is 2.25. The summed E-state index contributed by atoms with van der Waals surface area (Å²) in [6.07, 6.45) is 1.71. The summed E-state index contributed by atoms with van der Waals surface area (Å²) in [5.74, 6) is 0. The molecule has 0 radical (unpaired) electrons. The molecule has 0 amide bonds. The summed E-state index contributed by atoms with van der Waals surface area (Å²) < 4.78 is 28.2. The van der Waals surface area contributed by atoms with Crippen molar-refractivity contribution in [1.82, 2.24) is 4.72 Å². The monoisotopic (exact) mass is 255 g/mol. The fraction of sp³-hybridized carbons (Fsp3) is 0.455. The first-order valence-corrected chi connectivity index (χ1v) is 7.23. The zero-order valence-corrected chi connectivity index (χ0v) is 10.6. The lowest BCUT2D eigenvalue weighted by Crippen LogP contribution is -2.30. The van der Waals surface area contributed by atoms with Crippen LogP contribution in [0.15, 0.2) is 18.2 Å². The molecule has 0 atom stereocenters. The molecule has 0 spiro atoms. The zero-order chi connectivity index (χ0) is 12.3. The number of anilines is 2. The number of nitrogens with one attached hydrogen (secondary N) is 3. The van der Waals surface area contributed by atoms with Crippen LogP contribution in [0.25, 0.3) is 0 Å². The van der Waals surface area contributed by atoms with Crippen molar-refractivity contribution in [3.05, 3.63) is 23.8 Å². The number of benzene rings is 1. The largest absolute Gasteiger partial charge is 0.384 e. The normalized spacial score (nSPS) is 14.2. The molecule has 0 aliphatic carbocycles. The Morgan fingerprint density at radius 2 is 2.24 bits per heavy atom. The van der Waals surface area contributed by atoms with Crippen molar-refractivity contribution in [1.29, 1.82) is 0 Å². The van der Waals surface area contributed by atoms with Crippen LogP contribution in [0.3, 0.4) is 0 Å². The van der Waals surface area contributed by atoms with Gasteiger partial charge in [-0.05, 0) is 36.6 Å². The van der Waals surface area contributed by atoms with Crippen LogP contribution < -0.4 is 14.8 Å². The number of fused-ring (bicyclic) bond motifs is 1. The Morgan fingerprint density at radius 3 is 3.00 bits per heavy atom. The molecular weight excluding hydrogens is 238 g/mol. The van der Waals surface area contributed by atoms with Crippen LogP contribution in [-0.4, -0.2) is 21.5 Å². The zero-order valence-electron chi connectivity index (χ0n) is 9.79. The summed E-state index contributed by atoms with van der Waals surface area (Å²) >= 11 is 0. The highest BCUT2D eigenvalue weighted by atomic mass is 32.2. The second-order valence-electron chi connectivity index (χ2n) is 4.05. The Kier molecular flexibility index (Phi) is 3.54. The first-order valence-electron chi connectivity index (χ1n) is 5.75. The maximum absolute atomic E-state index is 11.6. The van der Waals surface area contributed by atoms with Gasteiger partial charge in [0.2, 0.25) is 0 Å². The molecular formula is C11H17N3O2S. The third kappa shape index (κ3) is 3.10. The summed E-state index contributed by atoms with van der Waals surface area (Å²) in [4.78, 5) is 0. The molecule has 1 aromatic rings. The Labute approximate surface area is 102 Å².